The Morgan fingerprint density at radius 3 is 1.66 bits per heavy atom. The van der Waals surface area contributed by atoms with Crippen LogP contribution in [0, 0.1) is 0 Å². The van der Waals surface area contributed by atoms with Crippen LogP contribution in [0.25, 0.3) is 33.4 Å². The first-order valence-electron chi connectivity index (χ1n) is 14.4. The Labute approximate surface area is 257 Å². The molecule has 0 fully saturated rings. The van der Waals surface area contributed by atoms with Gasteiger partial charge in [-0.15, -0.1) is 0 Å². The molecule has 0 aliphatic carbocycles. The van der Waals surface area contributed by atoms with Gasteiger partial charge in [0, 0.05) is 5.56 Å². The number of fused-ring (bicyclic) bond motifs is 4. The Bertz CT molecular complexity index is 2050. The molecule has 0 radical (unpaired) electrons. The third kappa shape index (κ3) is 4.59. The van der Waals surface area contributed by atoms with Crippen LogP contribution in [0.15, 0.2) is 165 Å². The average molecular weight is 589 g/mol. The van der Waals surface area contributed by atoms with Gasteiger partial charge in [0.25, 0.3) is 0 Å². The minimum atomic E-state index is -3.37. The van der Waals surface area contributed by atoms with Gasteiger partial charge < -0.3 is 14.0 Å². The number of ether oxygens (including phenoxy) is 2. The summed E-state index contributed by atoms with van der Waals surface area (Å²) in [5.41, 5.74) is 5.98. The van der Waals surface area contributed by atoms with Crippen LogP contribution in [0.1, 0.15) is 0 Å². The number of hydrogen-bond donors (Lipinski definition) is 0. The summed E-state index contributed by atoms with van der Waals surface area (Å²) >= 11 is 0. The molecule has 4 heteroatoms. The summed E-state index contributed by atoms with van der Waals surface area (Å²) in [4.78, 5) is 0. The monoisotopic (exact) mass is 588 g/mol. The fraction of sp³-hybridized carbons (Fsp3) is 0. The quantitative estimate of drug-likeness (QED) is 0.152. The molecule has 6 aromatic carbocycles. The molecule has 44 heavy (non-hydrogen) atoms. The van der Waals surface area contributed by atoms with Crippen LogP contribution in [0.3, 0.4) is 0 Å². The molecule has 2 aliphatic rings. The van der Waals surface area contributed by atoms with E-state index < -0.39 is 7.14 Å². The van der Waals surface area contributed by atoms with E-state index in [1.165, 1.54) is 0 Å². The van der Waals surface area contributed by atoms with Crippen LogP contribution >= 0.6 is 7.14 Å². The van der Waals surface area contributed by atoms with Crippen molar-refractivity contribution in [2.45, 2.75) is 0 Å². The number of rotatable bonds is 4. The largest absolute Gasteiger partial charge is 0.456 e. The van der Waals surface area contributed by atoms with E-state index in [1.54, 1.807) is 12.2 Å². The number of hydrogen-bond acceptors (Lipinski definition) is 3. The second-order valence-electron chi connectivity index (χ2n) is 10.5. The maximum absolute atomic E-state index is 15.8. The maximum Gasteiger partial charge on any atom is 0.185 e. The molecule has 0 amide bonds. The maximum atomic E-state index is 15.8. The number of allylic oxidation sites excluding steroid dienone is 2. The zero-order chi connectivity index (χ0) is 30.1. The average Bonchev–Trinajstić information content (AvgIpc) is 3.09. The van der Waals surface area contributed by atoms with Gasteiger partial charge in [-0.1, -0.05) is 135 Å². The second-order valence-corrected chi connectivity index (χ2v) is 13.2. The van der Waals surface area contributed by atoms with Gasteiger partial charge in [-0.2, -0.15) is 0 Å². The molecule has 6 aromatic rings. The lowest BCUT2D eigenvalue weighted by Gasteiger charge is -2.36. The van der Waals surface area contributed by atoms with E-state index in [0.717, 1.165) is 33.4 Å². The molecule has 0 aromatic heterocycles. The Balaban J connectivity index is 0.000000739. The molecule has 3 nitrogen and oxygen atoms in total. The van der Waals surface area contributed by atoms with Gasteiger partial charge in [0.1, 0.15) is 28.3 Å². The molecular formula is C40H29O3P. The molecule has 0 N–H and O–H groups in total. The van der Waals surface area contributed by atoms with E-state index in [-0.39, 0.29) is 0 Å². The van der Waals surface area contributed by atoms with Crippen molar-refractivity contribution < 1.29 is 14.0 Å². The highest BCUT2D eigenvalue weighted by Crippen LogP contribution is 2.60. The van der Waals surface area contributed by atoms with Crippen molar-refractivity contribution in [3.05, 3.63) is 165 Å². The van der Waals surface area contributed by atoms with Gasteiger partial charge in [0.2, 0.25) is 0 Å². The van der Waals surface area contributed by atoms with Gasteiger partial charge in [-0.05, 0) is 58.1 Å². The Hall–Kier alpha value is -5.37. The fourth-order valence-electron chi connectivity index (χ4n) is 5.83. The van der Waals surface area contributed by atoms with Crippen LogP contribution in [-0.2, 0) is 4.57 Å². The summed E-state index contributed by atoms with van der Waals surface area (Å²) in [7, 11) is -3.37. The van der Waals surface area contributed by atoms with Crippen molar-refractivity contribution in [1.29, 1.82) is 0 Å². The Kier molecular flexibility index (Phi) is 7.10. The summed E-state index contributed by atoms with van der Waals surface area (Å²) in [6, 6.07) is 46.4. The van der Waals surface area contributed by atoms with Crippen LogP contribution in [0.2, 0.25) is 0 Å². The molecule has 0 saturated heterocycles. The molecule has 0 saturated carbocycles. The minimum Gasteiger partial charge on any atom is -0.456 e. The van der Waals surface area contributed by atoms with Gasteiger partial charge in [0.15, 0.2) is 7.14 Å². The summed E-state index contributed by atoms with van der Waals surface area (Å²) in [6.45, 7) is 6.72. The van der Waals surface area contributed by atoms with Crippen LogP contribution < -0.4 is 25.4 Å². The third-order valence-electron chi connectivity index (χ3n) is 7.88. The van der Waals surface area contributed by atoms with Crippen molar-refractivity contribution in [3.63, 3.8) is 0 Å². The van der Waals surface area contributed by atoms with Gasteiger partial charge in [-0.3, -0.25) is 0 Å². The molecule has 1 unspecified atom stereocenters. The second kappa shape index (κ2) is 11.4. The van der Waals surface area contributed by atoms with Crippen molar-refractivity contribution in [3.8, 4) is 56.4 Å². The van der Waals surface area contributed by atoms with Crippen molar-refractivity contribution in [1.82, 2.24) is 0 Å². The summed E-state index contributed by atoms with van der Waals surface area (Å²) in [6.07, 6.45) is 3.28. The predicted molar refractivity (Wildman–Crippen MR) is 183 cm³/mol. The molecule has 2 aliphatic heterocycles. The van der Waals surface area contributed by atoms with Crippen LogP contribution in [0.5, 0.6) is 23.0 Å². The van der Waals surface area contributed by atoms with E-state index >= 15 is 4.57 Å². The molecule has 2 heterocycles. The molecule has 1 atom stereocenters. The Morgan fingerprint density at radius 2 is 1.05 bits per heavy atom. The first kappa shape index (κ1) is 27.5. The van der Waals surface area contributed by atoms with Gasteiger partial charge in [0.05, 0.1) is 10.6 Å². The lowest BCUT2D eigenvalue weighted by molar-refractivity contribution is 0.463. The predicted octanol–water partition coefficient (Wildman–Crippen LogP) is 9.90. The summed E-state index contributed by atoms with van der Waals surface area (Å²) in [5, 5.41) is 2.03. The topological polar surface area (TPSA) is 35.5 Å². The first-order chi connectivity index (χ1) is 21.6. The minimum absolute atomic E-state index is 0.575. The van der Waals surface area contributed by atoms with E-state index in [4.69, 9.17) is 9.47 Å². The SMILES string of the molecule is C=CC=C.O=P12c3cc(-c4ccccc4)ccc3Oc3cc(-c4ccccc4)cc(c31)Oc1c(-c3ccccc3)cccc12. The normalized spacial score (nSPS) is 15.1. The zero-order valence-corrected chi connectivity index (χ0v) is 24.9. The first-order valence-corrected chi connectivity index (χ1v) is 16.1. The van der Waals surface area contributed by atoms with E-state index in [2.05, 4.69) is 49.6 Å². The standard InChI is InChI=1S/C36H23O3P.C4H6/c37-40-33-18-10-17-29(26-15-8-3-9-16-26)35(33)39-32-22-28(25-13-6-2-7-14-25)21-31(36(32)40)38-30-20-19-27(23-34(30)40)24-11-4-1-5-12-24;1-3-4-2/h1-23H;3-4H,1-2H2. The zero-order valence-electron chi connectivity index (χ0n) is 24.0. The van der Waals surface area contributed by atoms with E-state index in [9.17, 15) is 0 Å². The number of benzene rings is 6. The van der Waals surface area contributed by atoms with E-state index in [1.807, 2.05) is 103 Å². The smallest absolute Gasteiger partial charge is 0.185 e. The highest BCUT2D eigenvalue weighted by atomic mass is 31.2. The van der Waals surface area contributed by atoms with Crippen molar-refractivity contribution in [2.24, 2.45) is 0 Å². The summed E-state index contributed by atoms with van der Waals surface area (Å²) in [5.74, 6) is 2.41. The summed E-state index contributed by atoms with van der Waals surface area (Å²) < 4.78 is 29.0. The van der Waals surface area contributed by atoms with Crippen LogP contribution in [0.4, 0.5) is 0 Å². The molecule has 8 rings (SSSR count). The van der Waals surface area contributed by atoms with Crippen molar-refractivity contribution >= 4 is 23.1 Å². The molecule has 0 bridgehead atoms. The highest BCUT2D eigenvalue weighted by molar-refractivity contribution is 7.86. The third-order valence-corrected chi connectivity index (χ3v) is 11.0. The van der Waals surface area contributed by atoms with Crippen LogP contribution in [-0.4, -0.2) is 0 Å². The molecule has 0 spiro atoms. The highest BCUT2D eigenvalue weighted by Gasteiger charge is 2.47. The van der Waals surface area contributed by atoms with Gasteiger partial charge in [-0.25, -0.2) is 0 Å². The molecular weight excluding hydrogens is 559 g/mol. The lowest BCUT2D eigenvalue weighted by atomic mass is 10.0. The van der Waals surface area contributed by atoms with Gasteiger partial charge >= 0.3 is 0 Å². The van der Waals surface area contributed by atoms with E-state index in [0.29, 0.717) is 38.9 Å². The molecule has 212 valence electrons. The van der Waals surface area contributed by atoms with Crippen molar-refractivity contribution in [2.75, 3.05) is 0 Å². The lowest BCUT2D eigenvalue weighted by Crippen LogP contribution is -2.35. The number of para-hydroxylation sites is 1. The fourth-order valence-corrected chi connectivity index (χ4v) is 8.91. The Morgan fingerprint density at radius 1 is 0.477 bits per heavy atom.